The highest BCUT2D eigenvalue weighted by atomic mass is 16.6. The average molecular weight is 948 g/mol. The quantitative estimate of drug-likeness (QED) is 0.0262. The number of allylic oxidation sites excluding steroid dienone is 14. The Labute approximate surface area is 420 Å². The predicted molar refractivity (Wildman–Crippen MR) is 293 cm³/mol. The Kier molecular flexibility index (Phi) is 53.4. The molecule has 0 N–H and O–H groups in total. The zero-order valence-electron chi connectivity index (χ0n) is 44.6. The van der Waals surface area contributed by atoms with Crippen LogP contribution in [0.2, 0.25) is 0 Å². The van der Waals surface area contributed by atoms with Gasteiger partial charge in [-0.3, -0.25) is 14.4 Å². The summed E-state index contributed by atoms with van der Waals surface area (Å²) in [6.07, 6.45) is 72.8. The summed E-state index contributed by atoms with van der Waals surface area (Å²) in [6.45, 7) is 6.48. The van der Waals surface area contributed by atoms with Gasteiger partial charge in [-0.05, 0) is 96.3 Å². The van der Waals surface area contributed by atoms with E-state index in [0.717, 1.165) is 122 Å². The third-order valence-corrected chi connectivity index (χ3v) is 12.1. The normalized spacial score (nSPS) is 12.7. The summed E-state index contributed by atoms with van der Waals surface area (Å²) in [5, 5.41) is 0. The number of hydrogen-bond donors (Lipinski definition) is 0. The first-order chi connectivity index (χ1) is 33.5. The zero-order chi connectivity index (χ0) is 49.3. The molecule has 0 radical (unpaired) electrons. The molecule has 0 amide bonds. The van der Waals surface area contributed by atoms with Gasteiger partial charge in [0.2, 0.25) is 0 Å². The molecule has 0 fully saturated rings. The highest BCUT2D eigenvalue weighted by molar-refractivity contribution is 5.71. The first-order valence-corrected chi connectivity index (χ1v) is 28.6. The molecule has 68 heavy (non-hydrogen) atoms. The van der Waals surface area contributed by atoms with Crippen LogP contribution in [0.5, 0.6) is 0 Å². The second kappa shape index (κ2) is 56.2. The summed E-state index contributed by atoms with van der Waals surface area (Å²) in [7, 11) is 0. The SMILES string of the molecule is CC/C=C\C/C=C\C/C=C\CCCCCCCC(=O)OC[C@H](COC(=O)CCCCC/C=C\C/C=C\C/C=C\C/C=C\CCCCC)OC(=O)CCCCCCCCCCCCCCCCCC. The minimum Gasteiger partial charge on any atom is -0.462 e. The highest BCUT2D eigenvalue weighted by Gasteiger charge is 2.19. The maximum atomic E-state index is 12.9. The van der Waals surface area contributed by atoms with E-state index in [1.807, 2.05) is 0 Å². The number of carbonyl (C=O) groups excluding carboxylic acids is 3. The fraction of sp³-hybridized carbons (Fsp3) is 0.726. The molecule has 0 aliphatic carbocycles. The molecule has 0 unspecified atom stereocenters. The monoisotopic (exact) mass is 947 g/mol. The van der Waals surface area contributed by atoms with E-state index >= 15 is 0 Å². The summed E-state index contributed by atoms with van der Waals surface area (Å²) in [6, 6.07) is 0. The van der Waals surface area contributed by atoms with Gasteiger partial charge in [0.05, 0.1) is 0 Å². The van der Waals surface area contributed by atoms with E-state index in [9.17, 15) is 14.4 Å². The summed E-state index contributed by atoms with van der Waals surface area (Å²) in [4.78, 5) is 38.1. The number of ether oxygens (including phenoxy) is 3. The Hall–Kier alpha value is -3.41. The van der Waals surface area contributed by atoms with Crippen LogP contribution < -0.4 is 0 Å². The van der Waals surface area contributed by atoms with E-state index in [4.69, 9.17) is 14.2 Å². The van der Waals surface area contributed by atoms with Crippen molar-refractivity contribution in [3.8, 4) is 0 Å². The van der Waals surface area contributed by atoms with Gasteiger partial charge in [0.25, 0.3) is 0 Å². The topological polar surface area (TPSA) is 78.9 Å². The Bertz CT molecular complexity index is 1320. The lowest BCUT2D eigenvalue weighted by molar-refractivity contribution is -0.167. The van der Waals surface area contributed by atoms with Crippen LogP contribution in [-0.2, 0) is 28.6 Å². The molecule has 0 spiro atoms. The van der Waals surface area contributed by atoms with E-state index in [1.165, 1.54) is 109 Å². The number of carbonyl (C=O) groups is 3. The Balaban J connectivity index is 4.45. The van der Waals surface area contributed by atoms with E-state index < -0.39 is 6.10 Å². The molecule has 0 aromatic carbocycles. The molecule has 0 rings (SSSR count). The van der Waals surface area contributed by atoms with Crippen LogP contribution in [0.4, 0.5) is 0 Å². The second-order valence-corrected chi connectivity index (χ2v) is 18.8. The van der Waals surface area contributed by atoms with Crippen molar-refractivity contribution in [1.82, 2.24) is 0 Å². The van der Waals surface area contributed by atoms with Crippen LogP contribution in [0, 0.1) is 0 Å². The van der Waals surface area contributed by atoms with Crippen LogP contribution in [0.1, 0.15) is 271 Å². The number of hydrogen-bond acceptors (Lipinski definition) is 6. The average Bonchev–Trinajstić information content (AvgIpc) is 3.34. The molecule has 0 bridgehead atoms. The van der Waals surface area contributed by atoms with Crippen LogP contribution in [-0.4, -0.2) is 37.2 Å². The zero-order valence-corrected chi connectivity index (χ0v) is 44.6. The molecule has 0 aliphatic heterocycles. The molecule has 0 aromatic rings. The van der Waals surface area contributed by atoms with E-state index in [-0.39, 0.29) is 31.1 Å². The second-order valence-electron chi connectivity index (χ2n) is 18.8. The van der Waals surface area contributed by atoms with Gasteiger partial charge in [0, 0.05) is 19.3 Å². The van der Waals surface area contributed by atoms with Crippen molar-refractivity contribution >= 4 is 17.9 Å². The van der Waals surface area contributed by atoms with Gasteiger partial charge < -0.3 is 14.2 Å². The Morgan fingerprint density at radius 3 is 0.941 bits per heavy atom. The lowest BCUT2D eigenvalue weighted by Crippen LogP contribution is -2.30. The standard InChI is InChI=1S/C62H106O6/c1-4-7-10-13-16-19-22-25-28-30-31-32-35-37-40-43-46-49-52-55-61(64)67-58-59(57-66-60(63)54-51-48-45-42-39-36-33-27-24-21-18-15-12-9-6-3)68-62(65)56-53-50-47-44-41-38-34-29-26-23-20-17-14-11-8-5-2/h9,12,16,18-19,21,25,27-28,31-33,37,40,59H,4-8,10-11,13-15,17,20,22-24,26,29-30,34-36,38-39,41-58H2,1-3H3/b12-9-,19-16-,21-18-,28-25-,32-31-,33-27-,40-37-/t59-/m1/s1. The molecular formula is C62H106O6. The maximum absolute atomic E-state index is 12.9. The van der Waals surface area contributed by atoms with Crippen molar-refractivity contribution in [2.45, 2.75) is 277 Å². The van der Waals surface area contributed by atoms with Gasteiger partial charge in [-0.1, -0.05) is 241 Å². The van der Waals surface area contributed by atoms with Crippen LogP contribution in [0.3, 0.4) is 0 Å². The lowest BCUT2D eigenvalue weighted by Gasteiger charge is -2.18. The first-order valence-electron chi connectivity index (χ1n) is 28.6. The number of esters is 3. The van der Waals surface area contributed by atoms with Crippen molar-refractivity contribution in [1.29, 1.82) is 0 Å². The number of rotatable bonds is 51. The molecule has 0 saturated heterocycles. The number of unbranched alkanes of at least 4 members (excludes halogenated alkanes) is 26. The van der Waals surface area contributed by atoms with E-state index in [0.29, 0.717) is 19.3 Å². The molecule has 1 atom stereocenters. The molecule has 6 nitrogen and oxygen atoms in total. The molecule has 6 heteroatoms. The van der Waals surface area contributed by atoms with Crippen molar-refractivity contribution in [3.63, 3.8) is 0 Å². The molecule has 0 aromatic heterocycles. The fourth-order valence-corrected chi connectivity index (χ4v) is 7.85. The Morgan fingerprint density at radius 1 is 0.309 bits per heavy atom. The maximum Gasteiger partial charge on any atom is 0.306 e. The van der Waals surface area contributed by atoms with E-state index in [2.05, 4.69) is 106 Å². The molecule has 0 saturated carbocycles. The largest absolute Gasteiger partial charge is 0.462 e. The van der Waals surface area contributed by atoms with Gasteiger partial charge >= 0.3 is 17.9 Å². The predicted octanol–water partition coefficient (Wildman–Crippen LogP) is 19.2. The minimum atomic E-state index is -0.796. The van der Waals surface area contributed by atoms with Crippen LogP contribution in [0.15, 0.2) is 85.1 Å². The smallest absolute Gasteiger partial charge is 0.306 e. The van der Waals surface area contributed by atoms with Crippen LogP contribution >= 0.6 is 0 Å². The molecular weight excluding hydrogens is 841 g/mol. The summed E-state index contributed by atoms with van der Waals surface area (Å²) in [5.41, 5.74) is 0. The lowest BCUT2D eigenvalue weighted by atomic mass is 10.0. The summed E-state index contributed by atoms with van der Waals surface area (Å²) >= 11 is 0. The van der Waals surface area contributed by atoms with Gasteiger partial charge in [0.15, 0.2) is 6.10 Å². The molecule has 0 aliphatic rings. The minimum absolute atomic E-state index is 0.0944. The van der Waals surface area contributed by atoms with Crippen LogP contribution in [0.25, 0.3) is 0 Å². The van der Waals surface area contributed by atoms with Gasteiger partial charge in [-0.25, -0.2) is 0 Å². The third-order valence-electron chi connectivity index (χ3n) is 12.1. The molecule has 0 heterocycles. The first kappa shape index (κ1) is 64.6. The van der Waals surface area contributed by atoms with Gasteiger partial charge in [-0.2, -0.15) is 0 Å². The van der Waals surface area contributed by atoms with Gasteiger partial charge in [0.1, 0.15) is 13.2 Å². The molecule has 390 valence electrons. The third kappa shape index (κ3) is 53.5. The Morgan fingerprint density at radius 2 is 0.574 bits per heavy atom. The van der Waals surface area contributed by atoms with Crippen molar-refractivity contribution in [2.24, 2.45) is 0 Å². The van der Waals surface area contributed by atoms with E-state index in [1.54, 1.807) is 0 Å². The van der Waals surface area contributed by atoms with Crippen molar-refractivity contribution in [3.05, 3.63) is 85.1 Å². The fourth-order valence-electron chi connectivity index (χ4n) is 7.85. The summed E-state index contributed by atoms with van der Waals surface area (Å²) in [5.74, 6) is -0.934. The van der Waals surface area contributed by atoms with Gasteiger partial charge in [-0.15, -0.1) is 0 Å². The highest BCUT2D eigenvalue weighted by Crippen LogP contribution is 2.15. The van der Waals surface area contributed by atoms with Crippen molar-refractivity contribution < 1.29 is 28.6 Å². The summed E-state index contributed by atoms with van der Waals surface area (Å²) < 4.78 is 16.8. The van der Waals surface area contributed by atoms with Crippen molar-refractivity contribution in [2.75, 3.05) is 13.2 Å².